The number of carbonyl (C=O) groups excluding carboxylic acids is 1. The molecule has 0 aliphatic heterocycles. The fourth-order valence-electron chi connectivity index (χ4n) is 3.30. The highest BCUT2D eigenvalue weighted by Gasteiger charge is 2.22. The molecular formula is C24H21BrN2O4S2. The molecule has 0 atom stereocenters. The number of aromatic nitrogens is 1. The first-order valence-electron chi connectivity index (χ1n) is 10.4. The number of fused-ring (bicyclic) bond motifs is 2. The molecule has 1 heterocycles. The largest absolute Gasteiger partial charge is 0.492 e. The summed E-state index contributed by atoms with van der Waals surface area (Å²) in [7, 11) is 0. The predicted octanol–water partition coefficient (Wildman–Crippen LogP) is 7.20. The van der Waals surface area contributed by atoms with E-state index in [1.165, 1.54) is 23.1 Å². The van der Waals surface area contributed by atoms with E-state index >= 15 is 0 Å². The summed E-state index contributed by atoms with van der Waals surface area (Å²) in [5.41, 5.74) is 1.17. The third-order valence-corrected chi connectivity index (χ3v) is 7.72. The van der Waals surface area contributed by atoms with E-state index in [1.54, 1.807) is 13.0 Å². The van der Waals surface area contributed by atoms with Crippen LogP contribution in [0, 0.1) is 0 Å². The number of benzene rings is 3. The lowest BCUT2D eigenvalue weighted by atomic mass is 10.0. The number of hydrogen-bond donors (Lipinski definition) is 2. The molecular weight excluding hydrogens is 524 g/mol. The minimum atomic E-state index is -1.10. The van der Waals surface area contributed by atoms with Gasteiger partial charge in [-0.1, -0.05) is 49.9 Å². The monoisotopic (exact) mass is 544 g/mol. The highest BCUT2D eigenvalue weighted by molar-refractivity contribution is 9.10. The highest BCUT2D eigenvalue weighted by atomic mass is 79.9. The molecule has 0 aliphatic carbocycles. The van der Waals surface area contributed by atoms with Crippen LogP contribution in [-0.4, -0.2) is 28.6 Å². The van der Waals surface area contributed by atoms with Crippen molar-refractivity contribution in [3.63, 3.8) is 0 Å². The zero-order valence-corrected chi connectivity index (χ0v) is 21.2. The number of aromatic carboxylic acids is 1. The van der Waals surface area contributed by atoms with Gasteiger partial charge in [0.2, 0.25) is 5.91 Å². The van der Waals surface area contributed by atoms with Gasteiger partial charge in [0, 0.05) is 17.4 Å². The second-order valence-electron chi connectivity index (χ2n) is 7.24. The van der Waals surface area contributed by atoms with Gasteiger partial charge in [0.15, 0.2) is 4.34 Å². The van der Waals surface area contributed by atoms with E-state index in [4.69, 9.17) is 9.72 Å². The van der Waals surface area contributed by atoms with Crippen LogP contribution in [0.3, 0.4) is 0 Å². The van der Waals surface area contributed by atoms with Crippen molar-refractivity contribution in [3.8, 4) is 5.75 Å². The number of nitrogens with zero attached hydrogens (tertiary/aromatic N) is 1. The van der Waals surface area contributed by atoms with Crippen molar-refractivity contribution in [1.82, 2.24) is 4.98 Å². The van der Waals surface area contributed by atoms with E-state index in [9.17, 15) is 14.7 Å². The van der Waals surface area contributed by atoms with Crippen molar-refractivity contribution in [1.29, 1.82) is 0 Å². The number of hydrogen-bond acceptors (Lipinski definition) is 6. The topological polar surface area (TPSA) is 88.5 Å². The third-order valence-electron chi connectivity index (χ3n) is 4.89. The maximum atomic E-state index is 12.3. The number of anilines is 1. The minimum absolute atomic E-state index is 0.0529. The molecule has 0 bridgehead atoms. The first-order chi connectivity index (χ1) is 15.9. The van der Waals surface area contributed by atoms with E-state index in [0.717, 1.165) is 42.0 Å². The molecule has 0 saturated carbocycles. The Kier molecular flexibility index (Phi) is 7.21. The van der Waals surface area contributed by atoms with Gasteiger partial charge in [-0.05, 0) is 45.3 Å². The van der Waals surface area contributed by atoms with Gasteiger partial charge in [-0.25, -0.2) is 9.78 Å². The quantitative estimate of drug-likeness (QED) is 0.244. The summed E-state index contributed by atoms with van der Waals surface area (Å²) in [5, 5.41) is 14.3. The molecule has 6 nitrogen and oxygen atoms in total. The fraction of sp³-hybridized carbons (Fsp3) is 0.208. The zero-order valence-electron chi connectivity index (χ0n) is 18.0. The number of thiazole rings is 1. The van der Waals surface area contributed by atoms with Crippen LogP contribution < -0.4 is 10.1 Å². The van der Waals surface area contributed by atoms with Crippen molar-refractivity contribution < 1.29 is 19.4 Å². The van der Waals surface area contributed by atoms with Crippen LogP contribution in [0.2, 0.25) is 0 Å². The van der Waals surface area contributed by atoms with Crippen LogP contribution >= 0.6 is 39.0 Å². The highest BCUT2D eigenvalue weighted by Crippen LogP contribution is 2.44. The van der Waals surface area contributed by atoms with E-state index in [2.05, 4.69) is 28.2 Å². The van der Waals surface area contributed by atoms with Crippen LogP contribution in [0.1, 0.15) is 37.0 Å². The van der Waals surface area contributed by atoms with Gasteiger partial charge in [-0.2, -0.15) is 0 Å². The number of amides is 1. The number of ether oxygens (including phenoxy) is 1. The molecule has 0 aliphatic rings. The van der Waals surface area contributed by atoms with Gasteiger partial charge in [0.05, 0.1) is 32.5 Å². The fourth-order valence-corrected chi connectivity index (χ4v) is 6.02. The Bertz CT molecular complexity index is 1370. The smallest absolute Gasteiger partial charge is 0.337 e. The molecule has 4 rings (SSSR count). The lowest BCUT2D eigenvalue weighted by Crippen LogP contribution is -2.14. The Balaban J connectivity index is 1.84. The van der Waals surface area contributed by atoms with Crippen molar-refractivity contribution in [2.45, 2.75) is 35.9 Å². The van der Waals surface area contributed by atoms with Gasteiger partial charge >= 0.3 is 5.97 Å². The molecule has 3 aromatic carbocycles. The first-order valence-corrected chi connectivity index (χ1v) is 12.8. The van der Waals surface area contributed by atoms with E-state index in [0.29, 0.717) is 17.2 Å². The summed E-state index contributed by atoms with van der Waals surface area (Å²) in [6.07, 6.45) is 1.15. The lowest BCUT2D eigenvalue weighted by molar-refractivity contribution is -0.115. The maximum Gasteiger partial charge on any atom is 0.337 e. The zero-order chi connectivity index (χ0) is 23.5. The normalized spacial score (nSPS) is 11.1. The number of carboxylic acids is 1. The van der Waals surface area contributed by atoms with Gasteiger partial charge in [-0.15, -0.1) is 11.3 Å². The van der Waals surface area contributed by atoms with Crippen molar-refractivity contribution >= 4 is 77.6 Å². The van der Waals surface area contributed by atoms with Gasteiger partial charge in [-0.3, -0.25) is 4.79 Å². The molecule has 9 heteroatoms. The van der Waals surface area contributed by atoms with Crippen molar-refractivity contribution in [2.75, 3.05) is 11.9 Å². The third kappa shape index (κ3) is 5.00. The Morgan fingerprint density at radius 1 is 1.21 bits per heavy atom. The Labute approximate surface area is 207 Å². The summed E-state index contributed by atoms with van der Waals surface area (Å²) in [5.74, 6) is -0.584. The second-order valence-corrected chi connectivity index (χ2v) is 10.4. The number of carboxylic acid groups (broad SMARTS) is 1. The molecule has 0 saturated heterocycles. The Hall–Kier alpha value is -2.62. The molecule has 0 spiro atoms. The van der Waals surface area contributed by atoms with Gasteiger partial charge in [0.25, 0.3) is 0 Å². The Morgan fingerprint density at radius 3 is 2.73 bits per heavy atom. The number of rotatable bonds is 8. The minimum Gasteiger partial charge on any atom is -0.492 e. The summed E-state index contributed by atoms with van der Waals surface area (Å²) in [6, 6.07) is 13.0. The number of halogens is 1. The summed E-state index contributed by atoms with van der Waals surface area (Å²) in [6.45, 7) is 4.41. The SMILES string of the molecule is CCCOc1cc2sc(Sc3c(NC(=O)CC)c(C(=O)O)cc4ccccc34)nc2cc1Br. The summed E-state index contributed by atoms with van der Waals surface area (Å²) >= 11 is 6.40. The van der Waals surface area contributed by atoms with Crippen LogP contribution in [-0.2, 0) is 4.79 Å². The Morgan fingerprint density at radius 2 is 2.00 bits per heavy atom. The second kappa shape index (κ2) is 10.1. The average Bonchev–Trinajstić information content (AvgIpc) is 3.19. The average molecular weight is 545 g/mol. The molecule has 4 aromatic rings. The summed E-state index contributed by atoms with van der Waals surface area (Å²) < 4.78 is 8.34. The molecule has 2 N–H and O–H groups in total. The maximum absolute atomic E-state index is 12.3. The number of carbonyl (C=O) groups is 2. The molecule has 170 valence electrons. The molecule has 33 heavy (non-hydrogen) atoms. The lowest BCUT2D eigenvalue weighted by Gasteiger charge is -2.15. The first kappa shape index (κ1) is 23.5. The van der Waals surface area contributed by atoms with E-state index in [-0.39, 0.29) is 17.9 Å². The van der Waals surface area contributed by atoms with Crippen LogP contribution in [0.25, 0.3) is 21.0 Å². The summed E-state index contributed by atoms with van der Waals surface area (Å²) in [4.78, 5) is 29.7. The van der Waals surface area contributed by atoms with E-state index in [1.807, 2.05) is 36.4 Å². The van der Waals surface area contributed by atoms with Gasteiger partial charge in [0.1, 0.15) is 5.75 Å². The van der Waals surface area contributed by atoms with Crippen molar-refractivity contribution in [3.05, 3.63) is 52.5 Å². The van der Waals surface area contributed by atoms with Crippen LogP contribution in [0.15, 0.2) is 56.2 Å². The van der Waals surface area contributed by atoms with Crippen LogP contribution in [0.5, 0.6) is 5.75 Å². The standard InChI is InChI=1S/C24H21BrN2O4S2/c1-3-9-31-18-12-19-17(11-16(18)25)26-24(32-19)33-22-14-8-6-5-7-13(14)10-15(23(29)30)21(22)27-20(28)4-2/h5-8,10-12H,3-4,9H2,1-2H3,(H,27,28)(H,29,30). The predicted molar refractivity (Wildman–Crippen MR) is 137 cm³/mol. The number of nitrogens with one attached hydrogen (secondary N) is 1. The molecule has 0 fully saturated rings. The molecule has 1 aromatic heterocycles. The van der Waals surface area contributed by atoms with Crippen molar-refractivity contribution in [2.24, 2.45) is 0 Å². The van der Waals surface area contributed by atoms with Crippen LogP contribution in [0.4, 0.5) is 5.69 Å². The van der Waals surface area contributed by atoms with E-state index < -0.39 is 5.97 Å². The molecule has 1 amide bonds. The molecule has 0 unspecified atom stereocenters. The van der Waals surface area contributed by atoms with Gasteiger partial charge < -0.3 is 15.2 Å². The molecule has 0 radical (unpaired) electrons.